The normalized spacial score (nSPS) is 18.8. The Morgan fingerprint density at radius 2 is 1.82 bits per heavy atom. The van der Waals surface area contributed by atoms with Crippen molar-refractivity contribution in [2.45, 2.75) is 38.5 Å². The molecule has 1 heterocycles. The quantitative estimate of drug-likeness (QED) is 0.560. The SMILES string of the molecule is CN(C(=O)CNCCN1C(=O)CC2(CCCC2)CC1=O)c1cc(Cl)ccc1Cl. The number of amides is 3. The van der Waals surface area contributed by atoms with E-state index in [0.717, 1.165) is 25.7 Å². The highest BCUT2D eigenvalue weighted by Gasteiger charge is 2.44. The number of likely N-dealkylation sites (tertiary alicyclic amines) is 1. The molecule has 3 rings (SSSR count). The Balaban J connectivity index is 1.46. The number of hydrogen-bond acceptors (Lipinski definition) is 4. The maximum atomic E-state index is 12.4. The topological polar surface area (TPSA) is 69.7 Å². The lowest BCUT2D eigenvalue weighted by atomic mass is 9.76. The highest BCUT2D eigenvalue weighted by atomic mass is 35.5. The van der Waals surface area contributed by atoms with Gasteiger partial charge in [0.2, 0.25) is 17.7 Å². The summed E-state index contributed by atoms with van der Waals surface area (Å²) in [6.45, 7) is 0.718. The molecule has 6 nitrogen and oxygen atoms in total. The van der Waals surface area contributed by atoms with Gasteiger partial charge in [-0.2, -0.15) is 0 Å². The minimum atomic E-state index is -0.189. The molecule has 1 aromatic rings. The van der Waals surface area contributed by atoms with Crippen LogP contribution in [0.4, 0.5) is 5.69 Å². The predicted octanol–water partition coefficient (Wildman–Crippen LogP) is 3.26. The van der Waals surface area contributed by atoms with Crippen LogP contribution in [0.3, 0.4) is 0 Å². The molecule has 152 valence electrons. The first-order valence-electron chi connectivity index (χ1n) is 9.57. The first-order valence-corrected chi connectivity index (χ1v) is 10.3. The van der Waals surface area contributed by atoms with Gasteiger partial charge in [-0.1, -0.05) is 36.0 Å². The lowest BCUT2D eigenvalue weighted by Gasteiger charge is -2.37. The second-order valence-electron chi connectivity index (χ2n) is 7.73. The molecule has 1 saturated heterocycles. The number of nitrogens with zero attached hydrogens (tertiary/aromatic N) is 2. The van der Waals surface area contributed by atoms with Crippen LogP contribution < -0.4 is 10.2 Å². The second kappa shape index (κ2) is 8.80. The summed E-state index contributed by atoms with van der Waals surface area (Å²) >= 11 is 12.1. The fourth-order valence-electron chi connectivity index (χ4n) is 4.14. The van der Waals surface area contributed by atoms with Gasteiger partial charge in [0.05, 0.1) is 17.3 Å². The molecule has 3 amide bonds. The van der Waals surface area contributed by atoms with E-state index in [1.807, 2.05) is 0 Å². The fraction of sp³-hybridized carbons (Fsp3) is 0.550. The van der Waals surface area contributed by atoms with Crippen LogP contribution >= 0.6 is 23.2 Å². The van der Waals surface area contributed by atoms with Gasteiger partial charge in [-0.3, -0.25) is 19.3 Å². The molecule has 0 aromatic heterocycles. The van der Waals surface area contributed by atoms with E-state index in [4.69, 9.17) is 23.2 Å². The third-order valence-corrected chi connectivity index (χ3v) is 6.31. The Bertz CT molecular complexity index is 758. The number of anilines is 1. The number of likely N-dealkylation sites (N-methyl/N-ethyl adjacent to an activating group) is 1. The average molecular weight is 426 g/mol. The number of carbonyl (C=O) groups is 3. The number of imide groups is 1. The van der Waals surface area contributed by atoms with Crippen LogP contribution in [0, 0.1) is 5.41 Å². The third kappa shape index (κ3) is 4.67. The third-order valence-electron chi connectivity index (χ3n) is 5.75. The van der Waals surface area contributed by atoms with E-state index in [9.17, 15) is 14.4 Å². The zero-order valence-electron chi connectivity index (χ0n) is 16.0. The summed E-state index contributed by atoms with van der Waals surface area (Å²) in [5, 5.41) is 3.94. The Morgan fingerprint density at radius 3 is 2.46 bits per heavy atom. The van der Waals surface area contributed by atoms with Crippen molar-refractivity contribution in [3.8, 4) is 0 Å². The van der Waals surface area contributed by atoms with Crippen molar-refractivity contribution in [2.75, 3.05) is 31.6 Å². The summed E-state index contributed by atoms with van der Waals surface area (Å²) in [6.07, 6.45) is 5.09. The molecule has 2 aliphatic rings. The van der Waals surface area contributed by atoms with Crippen LogP contribution in [-0.4, -0.2) is 49.3 Å². The lowest BCUT2D eigenvalue weighted by molar-refractivity contribution is -0.153. The first-order chi connectivity index (χ1) is 13.3. The van der Waals surface area contributed by atoms with E-state index in [1.54, 1.807) is 25.2 Å². The number of piperidine rings is 1. The zero-order chi connectivity index (χ0) is 20.3. The van der Waals surface area contributed by atoms with Gasteiger partial charge in [-0.25, -0.2) is 0 Å². The Kier molecular flexibility index (Phi) is 6.63. The fourth-order valence-corrected chi connectivity index (χ4v) is 4.55. The Morgan fingerprint density at radius 1 is 1.18 bits per heavy atom. The van der Waals surface area contributed by atoms with Gasteiger partial charge < -0.3 is 10.2 Å². The summed E-state index contributed by atoms with van der Waals surface area (Å²) in [5.74, 6) is -0.367. The maximum Gasteiger partial charge on any atom is 0.240 e. The molecule has 28 heavy (non-hydrogen) atoms. The zero-order valence-corrected chi connectivity index (χ0v) is 17.5. The second-order valence-corrected chi connectivity index (χ2v) is 8.57. The maximum absolute atomic E-state index is 12.4. The van der Waals surface area contributed by atoms with Crippen LogP contribution in [0.2, 0.25) is 10.0 Å². The molecule has 0 radical (unpaired) electrons. The van der Waals surface area contributed by atoms with E-state index in [1.165, 1.54) is 9.80 Å². The van der Waals surface area contributed by atoms with Gasteiger partial charge in [-0.05, 0) is 36.5 Å². The molecule has 1 aromatic carbocycles. The van der Waals surface area contributed by atoms with E-state index in [0.29, 0.717) is 35.1 Å². The van der Waals surface area contributed by atoms with Crippen LogP contribution in [0.15, 0.2) is 18.2 Å². The number of carbonyl (C=O) groups excluding carboxylic acids is 3. The van der Waals surface area contributed by atoms with Gasteiger partial charge in [0.15, 0.2) is 0 Å². The molecule has 1 N–H and O–H groups in total. The molecule has 2 fully saturated rings. The molecule has 0 bridgehead atoms. The van der Waals surface area contributed by atoms with E-state index in [-0.39, 0.29) is 36.2 Å². The number of rotatable bonds is 6. The molecular formula is C20H25Cl2N3O3. The van der Waals surface area contributed by atoms with Crippen molar-refractivity contribution in [3.63, 3.8) is 0 Å². The van der Waals surface area contributed by atoms with Gasteiger partial charge in [-0.15, -0.1) is 0 Å². The van der Waals surface area contributed by atoms with E-state index < -0.39 is 0 Å². The molecule has 8 heteroatoms. The Labute approximate surface area is 175 Å². The van der Waals surface area contributed by atoms with Crippen molar-refractivity contribution in [2.24, 2.45) is 5.41 Å². The summed E-state index contributed by atoms with van der Waals surface area (Å²) in [7, 11) is 1.63. The van der Waals surface area contributed by atoms with Gasteiger partial charge in [0.25, 0.3) is 0 Å². The molecule has 0 unspecified atom stereocenters. The lowest BCUT2D eigenvalue weighted by Crippen LogP contribution is -2.49. The van der Waals surface area contributed by atoms with Gasteiger partial charge >= 0.3 is 0 Å². The number of hydrogen-bond donors (Lipinski definition) is 1. The van der Waals surface area contributed by atoms with Crippen LogP contribution in [0.5, 0.6) is 0 Å². The van der Waals surface area contributed by atoms with Crippen molar-refractivity contribution in [1.82, 2.24) is 10.2 Å². The molecule has 1 saturated carbocycles. The average Bonchev–Trinajstić information content (AvgIpc) is 3.09. The standard InChI is InChI=1S/C20H25Cl2N3O3/c1-24(16-10-14(21)4-5-15(16)22)19(28)13-23-8-9-25-17(26)11-20(12-18(25)27)6-2-3-7-20/h4-5,10,23H,2-3,6-9,11-13H2,1H3. The molecule has 1 spiro atoms. The van der Waals surface area contributed by atoms with Crippen LogP contribution in [0.1, 0.15) is 38.5 Å². The minimum Gasteiger partial charge on any atom is -0.313 e. The highest BCUT2D eigenvalue weighted by molar-refractivity contribution is 6.35. The summed E-state index contributed by atoms with van der Waals surface area (Å²) < 4.78 is 0. The largest absolute Gasteiger partial charge is 0.313 e. The Hall–Kier alpha value is -1.63. The summed E-state index contributed by atoms with van der Waals surface area (Å²) in [4.78, 5) is 40.0. The first kappa shape index (κ1) is 21.1. The van der Waals surface area contributed by atoms with Crippen molar-refractivity contribution < 1.29 is 14.4 Å². The van der Waals surface area contributed by atoms with E-state index in [2.05, 4.69) is 5.32 Å². The van der Waals surface area contributed by atoms with Crippen molar-refractivity contribution >= 4 is 46.6 Å². The molecule has 1 aliphatic carbocycles. The number of halogens is 2. The molecule has 1 aliphatic heterocycles. The smallest absolute Gasteiger partial charge is 0.240 e. The van der Waals surface area contributed by atoms with Crippen LogP contribution in [-0.2, 0) is 14.4 Å². The summed E-state index contributed by atoms with van der Waals surface area (Å²) in [5.41, 5.74) is 0.441. The van der Waals surface area contributed by atoms with Crippen molar-refractivity contribution in [3.05, 3.63) is 28.2 Å². The molecule has 0 atom stereocenters. The monoisotopic (exact) mass is 425 g/mol. The highest BCUT2D eigenvalue weighted by Crippen LogP contribution is 2.46. The predicted molar refractivity (Wildman–Crippen MR) is 110 cm³/mol. The van der Waals surface area contributed by atoms with Gasteiger partial charge in [0, 0.05) is 38.0 Å². The number of benzene rings is 1. The van der Waals surface area contributed by atoms with Crippen LogP contribution in [0.25, 0.3) is 0 Å². The van der Waals surface area contributed by atoms with E-state index >= 15 is 0 Å². The summed E-state index contributed by atoms with van der Waals surface area (Å²) in [6, 6.07) is 4.93. The minimum absolute atomic E-state index is 0.0689. The van der Waals surface area contributed by atoms with Gasteiger partial charge in [0.1, 0.15) is 0 Å². The van der Waals surface area contributed by atoms with Crippen molar-refractivity contribution in [1.29, 1.82) is 0 Å². The number of nitrogens with one attached hydrogen (secondary N) is 1. The molecular weight excluding hydrogens is 401 g/mol.